The molecule has 230 valence electrons. The average Bonchev–Trinajstić information content (AvgIpc) is 3.13. The van der Waals surface area contributed by atoms with Crippen molar-refractivity contribution in [3.8, 4) is 11.1 Å². The zero-order valence-corrected chi connectivity index (χ0v) is 26.0. The highest BCUT2D eigenvalue weighted by atomic mass is 16.1. The van der Waals surface area contributed by atoms with Crippen molar-refractivity contribution in [1.29, 1.82) is 0 Å². The number of nitrogens with zero attached hydrogens (tertiary/aromatic N) is 3. The number of hydrogen-bond donors (Lipinski definition) is 3. The van der Waals surface area contributed by atoms with Crippen molar-refractivity contribution in [2.45, 2.75) is 0 Å². The summed E-state index contributed by atoms with van der Waals surface area (Å²) in [5, 5.41) is 19.4. The van der Waals surface area contributed by atoms with Gasteiger partial charge in [0.1, 0.15) is 0 Å². The van der Waals surface area contributed by atoms with Gasteiger partial charge in [0.25, 0.3) is 0 Å². The van der Waals surface area contributed by atoms with Crippen molar-refractivity contribution < 1.29 is 4.79 Å². The third-order valence-corrected chi connectivity index (χ3v) is 9.38. The molecule has 0 bridgehead atoms. The zero-order chi connectivity index (χ0) is 32.5. The minimum atomic E-state index is 0.0472. The van der Waals surface area contributed by atoms with Crippen molar-refractivity contribution >= 4 is 83.8 Å². The van der Waals surface area contributed by atoms with E-state index in [1.165, 1.54) is 26.9 Å². The second-order valence-electron chi connectivity index (χ2n) is 12.3. The lowest BCUT2D eigenvalue weighted by molar-refractivity contribution is 0.104. The fourth-order valence-corrected chi connectivity index (χ4v) is 7.25. The Morgan fingerprint density at radius 2 is 0.980 bits per heavy atom. The summed E-state index contributed by atoms with van der Waals surface area (Å²) in [4.78, 5) is 27.8. The molecule has 0 radical (unpaired) electrons. The number of fused-ring (bicyclic) bond motifs is 2. The number of para-hydroxylation sites is 1. The van der Waals surface area contributed by atoms with Crippen LogP contribution < -0.4 is 16.0 Å². The van der Waals surface area contributed by atoms with Crippen LogP contribution in [0.3, 0.4) is 0 Å². The van der Waals surface area contributed by atoms with Crippen molar-refractivity contribution in [3.63, 3.8) is 0 Å². The second kappa shape index (κ2) is 10.6. The maximum Gasteiger partial charge on any atom is 0.233 e. The summed E-state index contributed by atoms with van der Waals surface area (Å²) in [6.45, 7) is 0. The fraction of sp³-hybridized carbons (Fsp3) is 0. The Balaban J connectivity index is 1.09. The number of anilines is 6. The first-order valence-electron chi connectivity index (χ1n) is 16.2. The van der Waals surface area contributed by atoms with Crippen LogP contribution in [0.15, 0.2) is 140 Å². The van der Waals surface area contributed by atoms with Gasteiger partial charge < -0.3 is 16.0 Å². The Hall–Kier alpha value is -6.86. The third-order valence-electron chi connectivity index (χ3n) is 9.38. The van der Waals surface area contributed by atoms with Crippen LogP contribution in [0.1, 0.15) is 15.9 Å². The van der Waals surface area contributed by atoms with Crippen LogP contribution in [0.4, 0.5) is 34.9 Å². The molecule has 0 atom stereocenters. The molecule has 0 fully saturated rings. The number of carbonyl (C=O) groups excluding carboxylic acids is 1. The van der Waals surface area contributed by atoms with Gasteiger partial charge in [0.2, 0.25) is 17.8 Å². The van der Waals surface area contributed by atoms with Gasteiger partial charge in [0.05, 0.1) is 0 Å². The van der Waals surface area contributed by atoms with E-state index in [1.807, 2.05) is 78.9 Å². The lowest BCUT2D eigenvalue weighted by Crippen LogP contribution is -2.10. The number of nitrogens with one attached hydrogen (secondary N) is 3. The molecular formula is C42H26N6O. The molecule has 7 heteroatoms. The number of hydrogen-bond acceptors (Lipinski definition) is 7. The normalized spacial score (nSPS) is 12.1. The topological polar surface area (TPSA) is 91.8 Å². The minimum absolute atomic E-state index is 0.0472. The van der Waals surface area contributed by atoms with Crippen LogP contribution >= 0.6 is 0 Å². The first-order valence-corrected chi connectivity index (χ1v) is 16.2. The van der Waals surface area contributed by atoms with Crippen LogP contribution in [0.2, 0.25) is 0 Å². The van der Waals surface area contributed by atoms with E-state index >= 15 is 0 Å². The van der Waals surface area contributed by atoms with Gasteiger partial charge in [-0.15, -0.1) is 0 Å². The molecule has 0 aliphatic heterocycles. The minimum Gasteiger partial charge on any atom is -0.324 e. The van der Waals surface area contributed by atoms with Gasteiger partial charge in [-0.2, -0.15) is 15.0 Å². The van der Waals surface area contributed by atoms with Gasteiger partial charge in [-0.1, -0.05) is 109 Å². The highest BCUT2D eigenvalue weighted by molar-refractivity contribution is 6.27. The Morgan fingerprint density at radius 3 is 1.78 bits per heavy atom. The van der Waals surface area contributed by atoms with Gasteiger partial charge in [-0.25, -0.2) is 0 Å². The highest BCUT2D eigenvalue weighted by Gasteiger charge is 2.25. The number of aromatic nitrogens is 3. The third kappa shape index (κ3) is 4.44. The standard InChI is InChI=1S/C42H26N6O/c49-39-31-14-5-4-13-30(31)34-23-29(22-27-10-7-15-33(39)37(27)34)44-41-46-40(43-28-11-2-1-3-12-28)47-42(48-41)45-35-21-19-26-17-16-24-8-6-9-25-18-20-32(35)38(26)36(24)25/h1-23H,(H3,43,44,45,46,47,48). The molecule has 10 rings (SSSR count). The molecule has 49 heavy (non-hydrogen) atoms. The van der Waals surface area contributed by atoms with E-state index in [4.69, 9.17) is 15.0 Å². The first kappa shape index (κ1) is 27.3. The summed E-state index contributed by atoms with van der Waals surface area (Å²) in [6, 6.07) is 46.9. The van der Waals surface area contributed by atoms with Crippen LogP contribution in [-0.4, -0.2) is 20.7 Å². The molecule has 0 amide bonds. The summed E-state index contributed by atoms with van der Waals surface area (Å²) >= 11 is 0. The van der Waals surface area contributed by atoms with Gasteiger partial charge in [-0.3, -0.25) is 4.79 Å². The number of carbonyl (C=O) groups is 1. The molecule has 0 saturated heterocycles. The Kier molecular flexibility index (Phi) is 5.89. The van der Waals surface area contributed by atoms with E-state index in [9.17, 15) is 4.79 Å². The Bertz CT molecular complexity index is 2760. The Labute approximate surface area is 280 Å². The van der Waals surface area contributed by atoms with Gasteiger partial charge in [0, 0.05) is 39.0 Å². The van der Waals surface area contributed by atoms with Crippen molar-refractivity contribution in [2.75, 3.05) is 16.0 Å². The smallest absolute Gasteiger partial charge is 0.233 e. The van der Waals surface area contributed by atoms with Crippen LogP contribution in [-0.2, 0) is 0 Å². The maximum atomic E-state index is 13.4. The van der Waals surface area contributed by atoms with E-state index in [2.05, 4.69) is 76.6 Å². The maximum absolute atomic E-state index is 13.4. The van der Waals surface area contributed by atoms with E-state index in [0.717, 1.165) is 44.3 Å². The van der Waals surface area contributed by atoms with E-state index in [-0.39, 0.29) is 5.78 Å². The van der Waals surface area contributed by atoms with E-state index in [0.29, 0.717) is 29.0 Å². The SMILES string of the molecule is O=C1c2ccccc2-c2cc(Nc3nc(Nc4ccccc4)nc(Nc4ccc5ccc6cccc7ccc4c5c67)n3)cc3cccc1c23. The summed E-state index contributed by atoms with van der Waals surface area (Å²) < 4.78 is 0. The van der Waals surface area contributed by atoms with Crippen LogP contribution in [0.5, 0.6) is 0 Å². The summed E-state index contributed by atoms with van der Waals surface area (Å²) in [6.07, 6.45) is 0. The highest BCUT2D eigenvalue weighted by Crippen LogP contribution is 2.42. The van der Waals surface area contributed by atoms with Crippen molar-refractivity contribution in [3.05, 3.63) is 151 Å². The molecule has 1 aromatic heterocycles. The average molecular weight is 631 g/mol. The molecule has 3 N–H and O–H groups in total. The second-order valence-corrected chi connectivity index (χ2v) is 12.3. The molecule has 9 aromatic rings. The van der Waals surface area contributed by atoms with Crippen molar-refractivity contribution in [2.24, 2.45) is 0 Å². The van der Waals surface area contributed by atoms with Gasteiger partial charge in [0.15, 0.2) is 5.78 Å². The molecule has 0 spiro atoms. The lowest BCUT2D eigenvalue weighted by Gasteiger charge is -2.21. The van der Waals surface area contributed by atoms with Gasteiger partial charge in [-0.05, 0) is 73.8 Å². The van der Waals surface area contributed by atoms with Crippen LogP contribution in [0.25, 0.3) is 54.2 Å². The molecule has 1 aliphatic carbocycles. The molecule has 1 heterocycles. The monoisotopic (exact) mass is 630 g/mol. The molecule has 1 aliphatic rings. The number of benzene rings is 8. The largest absolute Gasteiger partial charge is 0.324 e. The van der Waals surface area contributed by atoms with Gasteiger partial charge >= 0.3 is 0 Å². The van der Waals surface area contributed by atoms with E-state index < -0.39 is 0 Å². The van der Waals surface area contributed by atoms with E-state index in [1.54, 1.807) is 0 Å². The molecule has 0 unspecified atom stereocenters. The molecule has 7 nitrogen and oxygen atoms in total. The Morgan fingerprint density at radius 1 is 0.388 bits per heavy atom. The molecule has 8 aromatic carbocycles. The van der Waals surface area contributed by atoms with Crippen molar-refractivity contribution in [1.82, 2.24) is 15.0 Å². The molecular weight excluding hydrogens is 605 g/mol. The lowest BCUT2D eigenvalue weighted by atomic mass is 9.82. The summed E-state index contributed by atoms with van der Waals surface area (Å²) in [7, 11) is 0. The summed E-state index contributed by atoms with van der Waals surface area (Å²) in [5.74, 6) is 1.21. The predicted octanol–water partition coefficient (Wildman–Crippen LogP) is 10.4. The first-order chi connectivity index (χ1) is 24.2. The quantitative estimate of drug-likeness (QED) is 0.157. The fourth-order valence-electron chi connectivity index (χ4n) is 7.25. The molecule has 0 saturated carbocycles. The van der Waals surface area contributed by atoms with Crippen LogP contribution in [0, 0.1) is 0 Å². The zero-order valence-electron chi connectivity index (χ0n) is 26.0. The summed E-state index contributed by atoms with van der Waals surface area (Å²) in [5.41, 5.74) is 5.89. The predicted molar refractivity (Wildman–Crippen MR) is 199 cm³/mol. The number of rotatable bonds is 6. The number of ketones is 1.